The molecular formula is C12H16O4. The molecule has 0 bridgehead atoms. The molecule has 0 fully saturated rings. The zero-order valence-electron chi connectivity index (χ0n) is 9.92. The molecule has 2 N–H and O–H groups in total. The number of carbonyl (C=O) groups excluding carboxylic acids is 2. The fourth-order valence-corrected chi connectivity index (χ4v) is 1.83. The van der Waals surface area contributed by atoms with Gasteiger partial charge in [0, 0.05) is 5.57 Å². The van der Waals surface area contributed by atoms with E-state index in [0.29, 0.717) is 6.42 Å². The van der Waals surface area contributed by atoms with Gasteiger partial charge in [-0.3, -0.25) is 9.59 Å². The number of hydrogen-bond donors (Lipinski definition) is 2. The standard InChI is InChI=1S/C12H16O4/c1-5-7-9(14)8(6(2)13)11(16)12(3,4)10(7)15/h14-15H,5H2,1-4H3. The van der Waals surface area contributed by atoms with E-state index in [-0.39, 0.29) is 22.7 Å². The van der Waals surface area contributed by atoms with E-state index in [0.717, 1.165) is 0 Å². The summed E-state index contributed by atoms with van der Waals surface area (Å²) >= 11 is 0. The van der Waals surface area contributed by atoms with Crippen LogP contribution in [0.15, 0.2) is 22.7 Å². The minimum atomic E-state index is -1.14. The van der Waals surface area contributed by atoms with Gasteiger partial charge in [0.2, 0.25) is 0 Å². The molecule has 0 saturated heterocycles. The second kappa shape index (κ2) is 3.77. The van der Waals surface area contributed by atoms with Crippen LogP contribution >= 0.6 is 0 Å². The lowest BCUT2D eigenvalue weighted by molar-refractivity contribution is -0.126. The number of allylic oxidation sites excluding steroid dienone is 3. The van der Waals surface area contributed by atoms with Gasteiger partial charge in [-0.1, -0.05) is 6.92 Å². The van der Waals surface area contributed by atoms with Gasteiger partial charge >= 0.3 is 0 Å². The molecule has 0 amide bonds. The van der Waals surface area contributed by atoms with Crippen molar-refractivity contribution in [2.75, 3.05) is 0 Å². The first-order valence-corrected chi connectivity index (χ1v) is 5.17. The number of aliphatic hydroxyl groups is 2. The fourth-order valence-electron chi connectivity index (χ4n) is 1.83. The Balaban J connectivity index is 3.55. The second-order valence-corrected chi connectivity index (χ2v) is 4.41. The number of ketones is 2. The second-order valence-electron chi connectivity index (χ2n) is 4.41. The molecule has 4 nitrogen and oxygen atoms in total. The Morgan fingerprint density at radius 3 is 2.19 bits per heavy atom. The Morgan fingerprint density at radius 2 is 1.81 bits per heavy atom. The van der Waals surface area contributed by atoms with E-state index < -0.39 is 17.0 Å². The SMILES string of the molecule is CCC1=C(O)C(C)(C)C(=O)C(C(C)=O)=C1O. The third-order valence-corrected chi connectivity index (χ3v) is 2.90. The summed E-state index contributed by atoms with van der Waals surface area (Å²) in [5, 5.41) is 19.7. The van der Waals surface area contributed by atoms with Crippen LogP contribution in [0.5, 0.6) is 0 Å². The lowest BCUT2D eigenvalue weighted by Crippen LogP contribution is -2.35. The number of aliphatic hydroxyl groups excluding tert-OH is 2. The number of carbonyl (C=O) groups is 2. The van der Waals surface area contributed by atoms with Crippen molar-refractivity contribution in [1.82, 2.24) is 0 Å². The van der Waals surface area contributed by atoms with Crippen LogP contribution in [-0.4, -0.2) is 21.8 Å². The minimum Gasteiger partial charge on any atom is -0.511 e. The maximum Gasteiger partial charge on any atom is 0.183 e. The highest BCUT2D eigenvalue weighted by Crippen LogP contribution is 2.39. The molecule has 0 aromatic carbocycles. The molecular weight excluding hydrogens is 208 g/mol. The summed E-state index contributed by atoms with van der Waals surface area (Å²) < 4.78 is 0. The first-order valence-electron chi connectivity index (χ1n) is 5.17. The molecule has 0 atom stereocenters. The summed E-state index contributed by atoms with van der Waals surface area (Å²) in [6.07, 6.45) is 0.366. The molecule has 16 heavy (non-hydrogen) atoms. The summed E-state index contributed by atoms with van der Waals surface area (Å²) in [6.45, 7) is 6.05. The van der Waals surface area contributed by atoms with Crippen LogP contribution in [-0.2, 0) is 9.59 Å². The molecule has 0 aliphatic heterocycles. The third kappa shape index (κ3) is 1.54. The predicted molar refractivity (Wildman–Crippen MR) is 59.1 cm³/mol. The molecule has 0 spiro atoms. The molecule has 88 valence electrons. The van der Waals surface area contributed by atoms with Crippen molar-refractivity contribution < 1.29 is 19.8 Å². The van der Waals surface area contributed by atoms with Crippen molar-refractivity contribution in [2.45, 2.75) is 34.1 Å². The van der Waals surface area contributed by atoms with E-state index in [1.54, 1.807) is 6.92 Å². The van der Waals surface area contributed by atoms with Gasteiger partial charge in [-0.25, -0.2) is 0 Å². The average Bonchev–Trinajstić information content (AvgIpc) is 2.16. The van der Waals surface area contributed by atoms with Crippen molar-refractivity contribution in [3.05, 3.63) is 22.7 Å². The van der Waals surface area contributed by atoms with Crippen LogP contribution in [0.25, 0.3) is 0 Å². The highest BCUT2D eigenvalue weighted by molar-refractivity contribution is 6.23. The van der Waals surface area contributed by atoms with E-state index in [1.807, 2.05) is 0 Å². The van der Waals surface area contributed by atoms with E-state index in [1.165, 1.54) is 20.8 Å². The Hall–Kier alpha value is -1.58. The Kier molecular flexibility index (Phi) is 2.95. The third-order valence-electron chi connectivity index (χ3n) is 2.90. The lowest BCUT2D eigenvalue weighted by Gasteiger charge is -2.30. The van der Waals surface area contributed by atoms with E-state index in [4.69, 9.17) is 0 Å². The van der Waals surface area contributed by atoms with Crippen LogP contribution in [0.4, 0.5) is 0 Å². The summed E-state index contributed by atoms with van der Waals surface area (Å²) in [4.78, 5) is 23.3. The summed E-state index contributed by atoms with van der Waals surface area (Å²) in [7, 11) is 0. The van der Waals surface area contributed by atoms with Gasteiger partial charge in [0.15, 0.2) is 11.6 Å². The zero-order chi connectivity index (χ0) is 12.7. The van der Waals surface area contributed by atoms with Gasteiger partial charge in [0.25, 0.3) is 0 Å². The van der Waals surface area contributed by atoms with Crippen molar-refractivity contribution in [1.29, 1.82) is 0 Å². The Bertz CT molecular complexity index is 424. The zero-order valence-corrected chi connectivity index (χ0v) is 9.92. The predicted octanol–water partition coefficient (Wildman–Crippen LogP) is 2.22. The van der Waals surface area contributed by atoms with E-state index in [9.17, 15) is 19.8 Å². The van der Waals surface area contributed by atoms with Crippen molar-refractivity contribution in [3.63, 3.8) is 0 Å². The molecule has 0 aromatic heterocycles. The van der Waals surface area contributed by atoms with Crippen molar-refractivity contribution in [3.8, 4) is 0 Å². The maximum absolute atomic E-state index is 11.9. The topological polar surface area (TPSA) is 74.6 Å². The van der Waals surface area contributed by atoms with Crippen molar-refractivity contribution >= 4 is 11.6 Å². The smallest absolute Gasteiger partial charge is 0.183 e. The average molecular weight is 224 g/mol. The molecule has 0 radical (unpaired) electrons. The van der Waals surface area contributed by atoms with Crippen LogP contribution in [0.2, 0.25) is 0 Å². The summed E-state index contributed by atoms with van der Waals surface area (Å²) in [6, 6.07) is 0. The van der Waals surface area contributed by atoms with E-state index >= 15 is 0 Å². The monoisotopic (exact) mass is 224 g/mol. The van der Waals surface area contributed by atoms with Crippen molar-refractivity contribution in [2.24, 2.45) is 5.41 Å². The number of Topliss-reactive ketones (excluding diaryl/α,β-unsaturated/α-hetero) is 2. The molecule has 0 saturated carbocycles. The molecule has 4 heteroatoms. The molecule has 1 rings (SSSR count). The number of rotatable bonds is 2. The largest absolute Gasteiger partial charge is 0.511 e. The van der Waals surface area contributed by atoms with E-state index in [2.05, 4.69) is 0 Å². The van der Waals surface area contributed by atoms with Crippen LogP contribution in [0.1, 0.15) is 34.1 Å². The molecule has 0 unspecified atom stereocenters. The molecule has 1 aliphatic carbocycles. The summed E-state index contributed by atoms with van der Waals surface area (Å²) in [5.74, 6) is -1.54. The fraction of sp³-hybridized carbons (Fsp3) is 0.500. The van der Waals surface area contributed by atoms with Crippen LogP contribution in [0, 0.1) is 5.41 Å². The van der Waals surface area contributed by atoms with Crippen LogP contribution in [0.3, 0.4) is 0 Å². The molecule has 0 aromatic rings. The first-order chi connectivity index (χ1) is 7.25. The highest BCUT2D eigenvalue weighted by Gasteiger charge is 2.43. The molecule has 0 heterocycles. The highest BCUT2D eigenvalue weighted by atomic mass is 16.3. The number of hydrogen-bond acceptors (Lipinski definition) is 4. The van der Waals surface area contributed by atoms with Crippen LogP contribution < -0.4 is 0 Å². The first kappa shape index (κ1) is 12.5. The molecule has 1 aliphatic rings. The Morgan fingerprint density at radius 1 is 1.31 bits per heavy atom. The lowest BCUT2D eigenvalue weighted by atomic mass is 9.74. The summed E-state index contributed by atoms with van der Waals surface area (Å²) in [5.41, 5.74) is -1.08. The van der Waals surface area contributed by atoms with Gasteiger partial charge < -0.3 is 10.2 Å². The Labute approximate surface area is 94.3 Å². The van der Waals surface area contributed by atoms with Gasteiger partial charge in [-0.15, -0.1) is 0 Å². The maximum atomic E-state index is 11.9. The quantitative estimate of drug-likeness (QED) is 0.705. The van der Waals surface area contributed by atoms with Gasteiger partial charge in [-0.05, 0) is 27.2 Å². The van der Waals surface area contributed by atoms with Gasteiger partial charge in [0.1, 0.15) is 17.1 Å². The van der Waals surface area contributed by atoms with Gasteiger partial charge in [-0.2, -0.15) is 0 Å². The van der Waals surface area contributed by atoms with Gasteiger partial charge in [0.05, 0.1) is 5.41 Å². The minimum absolute atomic E-state index is 0.150. The normalized spacial score (nSPS) is 20.4.